The van der Waals surface area contributed by atoms with Crippen molar-refractivity contribution in [2.75, 3.05) is 0 Å². The molecule has 0 amide bonds. The first-order valence-corrected chi connectivity index (χ1v) is 9.10. The molecule has 0 aliphatic rings. The predicted molar refractivity (Wildman–Crippen MR) is 98.8 cm³/mol. The molecule has 0 spiro atoms. The second-order valence-corrected chi connectivity index (χ2v) is 7.18. The van der Waals surface area contributed by atoms with Gasteiger partial charge in [0.2, 0.25) is 17.7 Å². The van der Waals surface area contributed by atoms with Gasteiger partial charge in [0, 0.05) is 16.1 Å². The minimum atomic E-state index is -0.132. The highest BCUT2D eigenvalue weighted by molar-refractivity contribution is 7.99. The molecule has 0 fully saturated rings. The summed E-state index contributed by atoms with van der Waals surface area (Å²) in [5.41, 5.74) is 1.65. The van der Waals surface area contributed by atoms with E-state index in [4.69, 9.17) is 20.4 Å². The van der Waals surface area contributed by atoms with Crippen LogP contribution < -0.4 is 0 Å². The molecule has 0 N–H and O–H groups in total. The number of rotatable bonds is 5. The van der Waals surface area contributed by atoms with Gasteiger partial charge in [-0.3, -0.25) is 0 Å². The molecule has 0 unspecified atom stereocenters. The molecule has 1 atom stereocenters. The molecule has 2 aromatic carbocycles. The van der Waals surface area contributed by atoms with Crippen molar-refractivity contribution >= 4 is 23.4 Å². The Bertz CT molecular complexity index is 1020. The fourth-order valence-electron chi connectivity index (χ4n) is 2.29. The van der Waals surface area contributed by atoms with E-state index in [0.29, 0.717) is 27.9 Å². The summed E-state index contributed by atoms with van der Waals surface area (Å²) in [5, 5.41) is 17.3. The van der Waals surface area contributed by atoms with Crippen molar-refractivity contribution in [1.29, 1.82) is 0 Å². The van der Waals surface area contributed by atoms with Crippen LogP contribution in [0.2, 0.25) is 5.02 Å². The molecule has 0 aliphatic heterocycles. The first kappa shape index (κ1) is 16.8. The fraction of sp³-hybridized carbons (Fsp3) is 0.111. The van der Waals surface area contributed by atoms with Crippen molar-refractivity contribution < 1.29 is 8.83 Å². The van der Waals surface area contributed by atoms with Crippen LogP contribution in [0.5, 0.6) is 0 Å². The first-order chi connectivity index (χ1) is 12.7. The summed E-state index contributed by atoms with van der Waals surface area (Å²) < 4.78 is 11.5. The van der Waals surface area contributed by atoms with Gasteiger partial charge in [-0.2, -0.15) is 0 Å². The lowest BCUT2D eigenvalue weighted by atomic mass is 10.2. The zero-order valence-corrected chi connectivity index (χ0v) is 15.2. The van der Waals surface area contributed by atoms with E-state index < -0.39 is 0 Å². The van der Waals surface area contributed by atoms with E-state index in [0.717, 1.165) is 11.1 Å². The van der Waals surface area contributed by atoms with Gasteiger partial charge in [0.1, 0.15) is 0 Å². The standard InChI is InChI=1S/C18H13ClN4O2S/c1-11(15-20-21-16(24-15)12-6-3-2-4-7-12)26-18-23-22-17(25-18)13-8-5-9-14(19)10-13/h2-11H,1H3/t11-/m1/s1. The minimum Gasteiger partial charge on any atom is -0.419 e. The third-order valence-corrected chi connectivity index (χ3v) is 4.72. The third kappa shape index (κ3) is 3.63. The van der Waals surface area contributed by atoms with Crippen molar-refractivity contribution in [3.05, 3.63) is 65.5 Å². The molecule has 8 heteroatoms. The van der Waals surface area contributed by atoms with Gasteiger partial charge in [-0.15, -0.1) is 20.4 Å². The van der Waals surface area contributed by atoms with Crippen LogP contribution in [-0.4, -0.2) is 20.4 Å². The Hall–Kier alpha value is -2.64. The van der Waals surface area contributed by atoms with Crippen LogP contribution in [-0.2, 0) is 0 Å². The van der Waals surface area contributed by atoms with Gasteiger partial charge < -0.3 is 8.83 Å². The SMILES string of the molecule is C[C@@H](Sc1nnc(-c2cccc(Cl)c2)o1)c1nnc(-c2ccccc2)o1. The van der Waals surface area contributed by atoms with Gasteiger partial charge >= 0.3 is 0 Å². The lowest BCUT2D eigenvalue weighted by Crippen LogP contribution is -1.88. The van der Waals surface area contributed by atoms with Gasteiger partial charge in [0.25, 0.3) is 5.22 Å². The molecular weight excluding hydrogens is 372 g/mol. The highest BCUT2D eigenvalue weighted by atomic mass is 35.5. The summed E-state index contributed by atoms with van der Waals surface area (Å²) in [5.74, 6) is 1.40. The van der Waals surface area contributed by atoms with E-state index in [-0.39, 0.29) is 5.25 Å². The zero-order valence-electron chi connectivity index (χ0n) is 13.7. The van der Waals surface area contributed by atoms with Crippen molar-refractivity contribution in [1.82, 2.24) is 20.4 Å². The van der Waals surface area contributed by atoms with E-state index >= 15 is 0 Å². The fourth-order valence-corrected chi connectivity index (χ4v) is 3.20. The zero-order chi connectivity index (χ0) is 17.9. The van der Waals surface area contributed by atoms with Crippen LogP contribution in [0, 0.1) is 0 Å². The largest absolute Gasteiger partial charge is 0.419 e. The molecule has 6 nitrogen and oxygen atoms in total. The number of aromatic nitrogens is 4. The normalized spacial score (nSPS) is 12.2. The van der Waals surface area contributed by atoms with Crippen LogP contribution in [0.3, 0.4) is 0 Å². The van der Waals surface area contributed by atoms with Gasteiger partial charge in [0.15, 0.2) is 0 Å². The number of hydrogen-bond donors (Lipinski definition) is 0. The average Bonchev–Trinajstić information content (AvgIpc) is 3.32. The second kappa shape index (κ2) is 7.31. The summed E-state index contributed by atoms with van der Waals surface area (Å²) in [4.78, 5) is 0. The highest BCUT2D eigenvalue weighted by Crippen LogP contribution is 2.35. The Kier molecular flexibility index (Phi) is 4.73. The summed E-state index contributed by atoms with van der Waals surface area (Å²) in [6.07, 6.45) is 0. The summed E-state index contributed by atoms with van der Waals surface area (Å²) in [6.45, 7) is 1.94. The van der Waals surface area contributed by atoms with Crippen LogP contribution in [0.1, 0.15) is 18.1 Å². The Morgan fingerprint density at radius 2 is 1.58 bits per heavy atom. The number of benzene rings is 2. The van der Waals surface area contributed by atoms with E-state index in [1.165, 1.54) is 11.8 Å². The number of thioether (sulfide) groups is 1. The van der Waals surface area contributed by atoms with Crippen LogP contribution in [0.15, 0.2) is 68.7 Å². The van der Waals surface area contributed by atoms with Crippen molar-refractivity contribution in [2.45, 2.75) is 17.4 Å². The molecule has 4 aromatic rings. The van der Waals surface area contributed by atoms with Gasteiger partial charge in [-0.25, -0.2) is 0 Å². The first-order valence-electron chi connectivity index (χ1n) is 7.84. The summed E-state index contributed by atoms with van der Waals surface area (Å²) in [6, 6.07) is 16.9. The Labute approximate surface area is 158 Å². The van der Waals surface area contributed by atoms with Crippen molar-refractivity contribution in [2.24, 2.45) is 0 Å². The minimum absolute atomic E-state index is 0.132. The molecule has 0 saturated heterocycles. The smallest absolute Gasteiger partial charge is 0.277 e. The van der Waals surface area contributed by atoms with Crippen LogP contribution in [0.25, 0.3) is 22.9 Å². The molecule has 4 rings (SSSR count). The van der Waals surface area contributed by atoms with E-state index in [9.17, 15) is 0 Å². The topological polar surface area (TPSA) is 77.8 Å². The molecule has 0 saturated carbocycles. The highest BCUT2D eigenvalue weighted by Gasteiger charge is 2.19. The Balaban J connectivity index is 1.49. The molecule has 130 valence electrons. The predicted octanol–water partition coefficient (Wildman–Crippen LogP) is 5.29. The Morgan fingerprint density at radius 3 is 2.38 bits per heavy atom. The van der Waals surface area contributed by atoms with E-state index in [2.05, 4.69) is 20.4 Å². The molecule has 2 aromatic heterocycles. The maximum absolute atomic E-state index is 6.00. The number of nitrogens with zero attached hydrogens (tertiary/aromatic N) is 4. The quantitative estimate of drug-likeness (QED) is 0.432. The molecular formula is C18H13ClN4O2S. The number of hydrogen-bond acceptors (Lipinski definition) is 7. The molecule has 0 radical (unpaired) electrons. The van der Waals surface area contributed by atoms with Crippen LogP contribution >= 0.6 is 23.4 Å². The maximum Gasteiger partial charge on any atom is 0.277 e. The van der Waals surface area contributed by atoms with Crippen molar-refractivity contribution in [3.8, 4) is 22.9 Å². The van der Waals surface area contributed by atoms with Gasteiger partial charge in [0.05, 0.1) is 5.25 Å². The lowest BCUT2D eigenvalue weighted by molar-refractivity contribution is 0.461. The molecule has 0 aliphatic carbocycles. The van der Waals surface area contributed by atoms with Gasteiger partial charge in [-0.05, 0) is 37.3 Å². The Morgan fingerprint density at radius 1 is 0.846 bits per heavy atom. The van der Waals surface area contributed by atoms with Crippen LogP contribution in [0.4, 0.5) is 0 Å². The monoisotopic (exact) mass is 384 g/mol. The van der Waals surface area contributed by atoms with E-state index in [1.807, 2.05) is 49.4 Å². The third-order valence-electron chi connectivity index (χ3n) is 3.56. The number of halogens is 1. The average molecular weight is 385 g/mol. The molecule has 2 heterocycles. The molecule has 26 heavy (non-hydrogen) atoms. The lowest BCUT2D eigenvalue weighted by Gasteiger charge is -2.01. The summed E-state index contributed by atoms with van der Waals surface area (Å²) >= 11 is 7.35. The maximum atomic E-state index is 6.00. The van der Waals surface area contributed by atoms with Gasteiger partial charge in [-0.1, -0.05) is 47.6 Å². The molecule has 0 bridgehead atoms. The second-order valence-electron chi connectivity index (χ2n) is 5.46. The van der Waals surface area contributed by atoms with Crippen molar-refractivity contribution in [3.63, 3.8) is 0 Å². The summed E-state index contributed by atoms with van der Waals surface area (Å²) in [7, 11) is 0. The van der Waals surface area contributed by atoms with E-state index in [1.54, 1.807) is 12.1 Å².